The molecule has 1 amide bonds. The molecule has 136 valence electrons. The van der Waals surface area contributed by atoms with Crippen LogP contribution in [0.25, 0.3) is 0 Å². The minimum atomic E-state index is -0.283. The molecular formula is C19H20ClN3O3. The van der Waals surface area contributed by atoms with Crippen LogP contribution in [0, 0.1) is 6.92 Å². The predicted molar refractivity (Wildman–Crippen MR) is 98.3 cm³/mol. The first kappa shape index (κ1) is 18.1. The van der Waals surface area contributed by atoms with Crippen LogP contribution in [-0.2, 0) is 13.7 Å². The second kappa shape index (κ2) is 7.66. The number of furan rings is 1. The van der Waals surface area contributed by atoms with Crippen LogP contribution in [0.2, 0.25) is 5.02 Å². The summed E-state index contributed by atoms with van der Waals surface area (Å²) in [7, 11) is 1.85. The molecule has 3 aromatic rings. The molecule has 0 aliphatic carbocycles. The predicted octanol–water partition coefficient (Wildman–Crippen LogP) is 4.04. The minimum Gasteiger partial charge on any atom is -0.486 e. The Bertz CT molecular complexity index is 916. The number of halogens is 1. The van der Waals surface area contributed by atoms with Gasteiger partial charge in [-0.3, -0.25) is 9.48 Å². The molecule has 6 nitrogen and oxygen atoms in total. The maximum atomic E-state index is 12.4. The SMILES string of the molecule is Cc1nn(C)cc1C(C)NC(=O)c1ccc(COc2cccc(Cl)c2)o1. The van der Waals surface area contributed by atoms with Crippen LogP contribution < -0.4 is 10.1 Å². The molecule has 0 aliphatic rings. The van der Waals surface area contributed by atoms with Crippen LogP contribution in [0.15, 0.2) is 47.0 Å². The normalized spacial score (nSPS) is 12.0. The average molecular weight is 374 g/mol. The van der Waals surface area contributed by atoms with Crippen LogP contribution in [0.3, 0.4) is 0 Å². The summed E-state index contributed by atoms with van der Waals surface area (Å²) < 4.78 is 12.9. The third-order valence-corrected chi connectivity index (χ3v) is 4.16. The molecule has 2 aromatic heterocycles. The van der Waals surface area contributed by atoms with Gasteiger partial charge in [0.25, 0.3) is 5.91 Å². The van der Waals surface area contributed by atoms with Crippen LogP contribution in [0.4, 0.5) is 0 Å². The molecule has 1 aromatic carbocycles. The third-order valence-electron chi connectivity index (χ3n) is 3.93. The van der Waals surface area contributed by atoms with E-state index in [1.54, 1.807) is 41.1 Å². The highest BCUT2D eigenvalue weighted by atomic mass is 35.5. The molecule has 26 heavy (non-hydrogen) atoms. The Morgan fingerprint density at radius 3 is 2.88 bits per heavy atom. The van der Waals surface area contributed by atoms with E-state index in [1.165, 1.54) is 0 Å². The van der Waals surface area contributed by atoms with Gasteiger partial charge < -0.3 is 14.5 Å². The summed E-state index contributed by atoms with van der Waals surface area (Å²) in [6, 6.07) is 10.3. The van der Waals surface area contributed by atoms with E-state index < -0.39 is 0 Å². The summed E-state index contributed by atoms with van der Waals surface area (Å²) in [5, 5.41) is 7.81. The van der Waals surface area contributed by atoms with Gasteiger partial charge in [0.2, 0.25) is 0 Å². The average Bonchev–Trinajstić information content (AvgIpc) is 3.19. The van der Waals surface area contributed by atoms with E-state index in [1.807, 2.05) is 27.1 Å². The smallest absolute Gasteiger partial charge is 0.287 e. The van der Waals surface area contributed by atoms with E-state index in [-0.39, 0.29) is 24.3 Å². The number of aryl methyl sites for hydroxylation is 2. The number of hydrogen-bond donors (Lipinski definition) is 1. The highest BCUT2D eigenvalue weighted by molar-refractivity contribution is 6.30. The first-order valence-corrected chi connectivity index (χ1v) is 8.58. The van der Waals surface area contributed by atoms with Crippen molar-refractivity contribution in [1.82, 2.24) is 15.1 Å². The number of hydrogen-bond acceptors (Lipinski definition) is 4. The summed E-state index contributed by atoms with van der Waals surface area (Å²) in [5.41, 5.74) is 1.85. The largest absolute Gasteiger partial charge is 0.486 e. The molecule has 7 heteroatoms. The first-order chi connectivity index (χ1) is 12.4. The molecule has 1 N–H and O–H groups in total. The quantitative estimate of drug-likeness (QED) is 0.707. The molecule has 0 saturated heterocycles. The molecule has 2 heterocycles. The van der Waals surface area contributed by atoms with E-state index >= 15 is 0 Å². The van der Waals surface area contributed by atoms with Gasteiger partial charge in [-0.15, -0.1) is 0 Å². The van der Waals surface area contributed by atoms with Gasteiger partial charge >= 0.3 is 0 Å². The molecule has 0 fully saturated rings. The van der Waals surface area contributed by atoms with E-state index in [2.05, 4.69) is 10.4 Å². The summed E-state index contributed by atoms with van der Waals surface area (Å²) in [6.07, 6.45) is 1.90. The minimum absolute atomic E-state index is 0.174. The summed E-state index contributed by atoms with van der Waals surface area (Å²) in [5.74, 6) is 1.15. The second-order valence-corrected chi connectivity index (χ2v) is 6.49. The Morgan fingerprint density at radius 2 is 2.19 bits per heavy atom. The van der Waals surface area contributed by atoms with Gasteiger partial charge in [-0.25, -0.2) is 0 Å². The van der Waals surface area contributed by atoms with Crippen molar-refractivity contribution < 1.29 is 13.9 Å². The van der Waals surface area contributed by atoms with Crippen LogP contribution >= 0.6 is 11.6 Å². The number of rotatable bonds is 6. The Labute approximate surface area is 156 Å². The summed E-state index contributed by atoms with van der Waals surface area (Å²) in [4.78, 5) is 12.4. The lowest BCUT2D eigenvalue weighted by molar-refractivity contribution is 0.0907. The molecule has 0 spiro atoms. The number of ether oxygens (including phenoxy) is 1. The fraction of sp³-hybridized carbons (Fsp3) is 0.263. The monoisotopic (exact) mass is 373 g/mol. The Morgan fingerprint density at radius 1 is 1.38 bits per heavy atom. The van der Waals surface area contributed by atoms with Gasteiger partial charge in [-0.1, -0.05) is 17.7 Å². The van der Waals surface area contributed by atoms with Crippen LogP contribution in [0.5, 0.6) is 5.75 Å². The Kier molecular flexibility index (Phi) is 5.32. The molecule has 0 saturated carbocycles. The third kappa shape index (κ3) is 4.26. The highest BCUT2D eigenvalue weighted by Crippen LogP contribution is 2.20. The Balaban J connectivity index is 1.60. The van der Waals surface area contributed by atoms with Crippen molar-refractivity contribution in [1.29, 1.82) is 0 Å². The van der Waals surface area contributed by atoms with Gasteiger partial charge in [0.05, 0.1) is 11.7 Å². The van der Waals surface area contributed by atoms with Crippen molar-refractivity contribution in [2.75, 3.05) is 0 Å². The van der Waals surface area contributed by atoms with Gasteiger partial charge in [0.1, 0.15) is 18.1 Å². The topological polar surface area (TPSA) is 69.3 Å². The maximum absolute atomic E-state index is 12.4. The summed E-state index contributed by atoms with van der Waals surface area (Å²) >= 11 is 5.92. The number of carbonyl (C=O) groups is 1. The van der Waals surface area contributed by atoms with Crippen molar-refractivity contribution >= 4 is 17.5 Å². The first-order valence-electron chi connectivity index (χ1n) is 8.20. The molecule has 0 aliphatic heterocycles. The van der Waals surface area contributed by atoms with Crippen LogP contribution in [0.1, 0.15) is 40.5 Å². The molecule has 0 radical (unpaired) electrons. The zero-order chi connectivity index (χ0) is 18.7. The zero-order valence-corrected chi connectivity index (χ0v) is 15.6. The van der Waals surface area contributed by atoms with Crippen molar-refractivity contribution in [3.05, 3.63) is 70.4 Å². The van der Waals surface area contributed by atoms with E-state index in [4.69, 9.17) is 20.8 Å². The number of aromatic nitrogens is 2. The fourth-order valence-corrected chi connectivity index (χ4v) is 2.86. The second-order valence-electron chi connectivity index (χ2n) is 6.05. The number of nitrogens with zero attached hydrogens (tertiary/aromatic N) is 2. The van der Waals surface area contributed by atoms with Crippen molar-refractivity contribution in [2.24, 2.45) is 7.05 Å². The molecular weight excluding hydrogens is 354 g/mol. The van der Waals surface area contributed by atoms with Crippen LogP contribution in [-0.4, -0.2) is 15.7 Å². The molecule has 1 atom stereocenters. The van der Waals surface area contributed by atoms with Gasteiger partial charge in [-0.2, -0.15) is 5.10 Å². The standard InChI is InChI=1S/C19H20ClN3O3/c1-12(17-10-23(3)22-13(17)2)21-19(24)18-8-7-16(26-18)11-25-15-6-4-5-14(20)9-15/h4-10,12H,11H2,1-3H3,(H,21,24). The number of carbonyl (C=O) groups excluding carboxylic acids is 1. The fourth-order valence-electron chi connectivity index (χ4n) is 2.68. The lowest BCUT2D eigenvalue weighted by atomic mass is 10.1. The van der Waals surface area contributed by atoms with Gasteiger partial charge in [-0.05, 0) is 44.2 Å². The summed E-state index contributed by atoms with van der Waals surface area (Å²) in [6.45, 7) is 4.04. The van der Waals surface area contributed by atoms with Gasteiger partial charge in [0.15, 0.2) is 5.76 Å². The number of amides is 1. The van der Waals surface area contributed by atoms with Crippen molar-refractivity contribution in [3.63, 3.8) is 0 Å². The van der Waals surface area contributed by atoms with Crippen molar-refractivity contribution in [2.45, 2.75) is 26.5 Å². The Hall–Kier alpha value is -2.73. The maximum Gasteiger partial charge on any atom is 0.287 e. The van der Waals surface area contributed by atoms with E-state index in [0.29, 0.717) is 16.5 Å². The lowest BCUT2D eigenvalue weighted by Gasteiger charge is -2.12. The molecule has 0 bridgehead atoms. The highest BCUT2D eigenvalue weighted by Gasteiger charge is 2.18. The molecule has 1 unspecified atom stereocenters. The van der Waals surface area contributed by atoms with Crippen molar-refractivity contribution in [3.8, 4) is 5.75 Å². The van der Waals surface area contributed by atoms with Gasteiger partial charge in [0, 0.05) is 23.8 Å². The number of benzene rings is 1. The zero-order valence-electron chi connectivity index (χ0n) is 14.8. The van der Waals surface area contributed by atoms with E-state index in [0.717, 1.165) is 11.3 Å². The number of nitrogens with one attached hydrogen (secondary N) is 1. The molecule has 3 rings (SSSR count). The van der Waals surface area contributed by atoms with E-state index in [9.17, 15) is 4.79 Å². The lowest BCUT2D eigenvalue weighted by Crippen LogP contribution is -2.26.